The minimum absolute atomic E-state index is 0. The molecule has 0 aromatic rings. The van der Waals surface area contributed by atoms with Crippen molar-refractivity contribution < 1.29 is 19.8 Å². The van der Waals surface area contributed by atoms with Crippen LogP contribution in [0.2, 0.25) is 0 Å². The topological polar surface area (TPSA) is 80.3 Å². The minimum Gasteiger partial charge on any atom is -0.549 e. The Morgan fingerprint density at radius 1 is 1.08 bits per heavy atom. The third-order valence-corrected chi connectivity index (χ3v) is 1.99. The monoisotopic (exact) mass is 182 g/mol. The van der Waals surface area contributed by atoms with E-state index in [1.54, 1.807) is 0 Å². The number of hydrogen-bond donors (Lipinski definition) is 0. The van der Waals surface area contributed by atoms with Crippen LogP contribution in [-0.2, 0) is 9.59 Å². The number of hydrogen-bond acceptors (Lipinski definition) is 4. The van der Waals surface area contributed by atoms with Crippen molar-refractivity contribution in [2.75, 3.05) is 0 Å². The summed E-state index contributed by atoms with van der Waals surface area (Å²) >= 11 is 0. The fourth-order valence-corrected chi connectivity index (χ4v) is 0.911. The van der Waals surface area contributed by atoms with Gasteiger partial charge >= 0.3 is 23.1 Å². The Balaban J connectivity index is 0. The van der Waals surface area contributed by atoms with E-state index in [2.05, 4.69) is 0 Å². The van der Waals surface area contributed by atoms with Gasteiger partial charge in [-0.1, -0.05) is 13.8 Å². The van der Waals surface area contributed by atoms with Gasteiger partial charge in [0, 0.05) is 5.41 Å². The summed E-state index contributed by atoms with van der Waals surface area (Å²) in [6, 6.07) is 0. The number of aliphatic carboxylic acids is 2. The molecule has 0 saturated carbocycles. The van der Waals surface area contributed by atoms with Gasteiger partial charge in [0.25, 0.3) is 0 Å². The van der Waals surface area contributed by atoms with Crippen molar-refractivity contribution in [3.05, 3.63) is 0 Å². The van der Waals surface area contributed by atoms with Crippen LogP contribution in [0.1, 0.15) is 26.7 Å². The summed E-state index contributed by atoms with van der Waals surface area (Å²) in [5.74, 6) is -3.13. The summed E-state index contributed by atoms with van der Waals surface area (Å²) in [5.41, 5.74) is -1.81. The first kappa shape index (κ1) is 14.2. The average molecular weight is 182 g/mol. The molecule has 0 amide bonds. The van der Waals surface area contributed by atoms with E-state index in [1.165, 1.54) is 13.8 Å². The molecule has 5 heteroatoms. The number of carbonyl (C=O) groups is 2. The molecule has 0 bridgehead atoms. The zero-order chi connectivity index (χ0) is 9.07. The summed E-state index contributed by atoms with van der Waals surface area (Å²) in [6.45, 7) is 2.96. The van der Waals surface area contributed by atoms with Gasteiger partial charge in [-0.15, -0.1) is 0 Å². The van der Waals surface area contributed by atoms with Gasteiger partial charge in [-0.3, -0.25) is 0 Å². The predicted octanol–water partition coefficient (Wildman–Crippen LogP) is -2.09. The molecule has 64 valence electrons. The third kappa shape index (κ3) is 2.35. The maximum absolute atomic E-state index is 10.4. The Morgan fingerprint density at radius 2 is 1.33 bits per heavy atom. The van der Waals surface area contributed by atoms with Gasteiger partial charge in [-0.2, -0.15) is 0 Å². The molecule has 0 N–H and O–H groups in total. The quantitative estimate of drug-likeness (QED) is 0.369. The summed E-state index contributed by atoms with van der Waals surface area (Å²) < 4.78 is 0. The van der Waals surface area contributed by atoms with Crippen LogP contribution in [-0.4, -0.2) is 35.0 Å². The van der Waals surface area contributed by atoms with E-state index in [4.69, 9.17) is 0 Å². The Hall–Kier alpha value is -0.294. The zero-order valence-corrected chi connectivity index (χ0v) is 8.67. The van der Waals surface area contributed by atoms with E-state index >= 15 is 0 Å². The van der Waals surface area contributed by atoms with Crippen LogP contribution in [0.4, 0.5) is 0 Å². The van der Waals surface area contributed by atoms with Crippen LogP contribution in [0.3, 0.4) is 0 Å². The number of carboxylic acids is 2. The first-order chi connectivity index (χ1) is 5.01. The maximum Gasteiger partial charge on any atom is 2.00 e. The molecular weight excluding hydrogens is 172 g/mol. The third-order valence-electron chi connectivity index (χ3n) is 1.99. The van der Waals surface area contributed by atoms with Gasteiger partial charge in [0.1, 0.15) is 0 Å². The Morgan fingerprint density at radius 3 is 1.33 bits per heavy atom. The molecule has 0 aliphatic carbocycles. The SMILES string of the molecule is CCC(CC)(C(=O)[O-])C(=O)[O-].[Mg+2]. The van der Waals surface area contributed by atoms with Gasteiger partial charge in [-0.25, -0.2) is 0 Å². The Labute approximate surface area is 87.1 Å². The molecule has 0 rings (SSSR count). The van der Waals surface area contributed by atoms with Crippen molar-refractivity contribution in [3.63, 3.8) is 0 Å². The van der Waals surface area contributed by atoms with Crippen molar-refractivity contribution in [1.29, 1.82) is 0 Å². The van der Waals surface area contributed by atoms with E-state index in [1.807, 2.05) is 0 Å². The van der Waals surface area contributed by atoms with E-state index in [9.17, 15) is 19.8 Å². The van der Waals surface area contributed by atoms with E-state index in [-0.39, 0.29) is 35.9 Å². The largest absolute Gasteiger partial charge is 2.00 e. The zero-order valence-electron chi connectivity index (χ0n) is 7.25. The second-order valence-electron chi connectivity index (χ2n) is 2.36. The van der Waals surface area contributed by atoms with Gasteiger partial charge in [-0.05, 0) is 12.8 Å². The van der Waals surface area contributed by atoms with Gasteiger partial charge in [0.15, 0.2) is 0 Å². The summed E-state index contributed by atoms with van der Waals surface area (Å²) in [4.78, 5) is 20.8. The van der Waals surface area contributed by atoms with Crippen molar-refractivity contribution >= 4 is 35.0 Å². The second kappa shape index (κ2) is 5.37. The molecule has 0 atom stereocenters. The molecule has 0 fully saturated rings. The summed E-state index contributed by atoms with van der Waals surface area (Å²) in [6.07, 6.45) is -0.0116. The molecule has 0 radical (unpaired) electrons. The molecule has 0 aromatic carbocycles. The summed E-state index contributed by atoms with van der Waals surface area (Å²) in [7, 11) is 0. The smallest absolute Gasteiger partial charge is 0.549 e. The molecule has 0 aromatic heterocycles. The Kier molecular flexibility index (Phi) is 6.37. The normalized spacial score (nSPS) is 10.2. The maximum atomic E-state index is 10.4. The van der Waals surface area contributed by atoms with Gasteiger partial charge in [0.2, 0.25) is 0 Å². The Bertz CT molecular complexity index is 158. The van der Waals surface area contributed by atoms with Crippen molar-refractivity contribution in [2.24, 2.45) is 5.41 Å². The van der Waals surface area contributed by atoms with Crippen molar-refractivity contribution in [2.45, 2.75) is 26.7 Å². The van der Waals surface area contributed by atoms with Crippen molar-refractivity contribution in [3.8, 4) is 0 Å². The average Bonchev–Trinajstić information content (AvgIpc) is 1.90. The standard InChI is InChI=1S/C7H12O4.Mg/c1-3-7(4-2,5(8)9)6(10)11;/h3-4H2,1-2H3,(H,8,9)(H,10,11);/q;+2/p-2. The molecule has 0 saturated heterocycles. The predicted molar refractivity (Wildman–Crippen MR) is 38.8 cm³/mol. The molecule has 0 unspecified atom stereocenters. The number of rotatable bonds is 4. The van der Waals surface area contributed by atoms with Gasteiger partial charge < -0.3 is 19.8 Å². The fourth-order valence-electron chi connectivity index (χ4n) is 0.911. The number of carboxylic acid groups (broad SMARTS) is 2. The fraction of sp³-hybridized carbons (Fsp3) is 0.714. The van der Waals surface area contributed by atoms with Crippen LogP contribution in [0.15, 0.2) is 0 Å². The molecule has 0 heterocycles. The van der Waals surface area contributed by atoms with Crippen molar-refractivity contribution in [1.82, 2.24) is 0 Å². The number of carbonyl (C=O) groups excluding carboxylic acids is 2. The first-order valence-corrected chi connectivity index (χ1v) is 3.44. The van der Waals surface area contributed by atoms with E-state index in [0.717, 1.165) is 0 Å². The van der Waals surface area contributed by atoms with Crippen LogP contribution >= 0.6 is 0 Å². The van der Waals surface area contributed by atoms with E-state index in [0.29, 0.717) is 0 Å². The first-order valence-electron chi connectivity index (χ1n) is 3.44. The summed E-state index contributed by atoms with van der Waals surface area (Å²) in [5, 5.41) is 20.8. The van der Waals surface area contributed by atoms with E-state index < -0.39 is 17.4 Å². The van der Waals surface area contributed by atoms with Crippen LogP contribution in [0.5, 0.6) is 0 Å². The van der Waals surface area contributed by atoms with Crippen LogP contribution in [0, 0.1) is 5.41 Å². The second-order valence-corrected chi connectivity index (χ2v) is 2.36. The molecular formula is C7H10MgO4. The molecule has 0 aliphatic rings. The van der Waals surface area contributed by atoms with Crippen LogP contribution < -0.4 is 10.2 Å². The van der Waals surface area contributed by atoms with Crippen LogP contribution in [0.25, 0.3) is 0 Å². The molecule has 0 spiro atoms. The minimum atomic E-state index is -1.81. The molecule has 0 aliphatic heterocycles. The molecule has 4 nitrogen and oxygen atoms in total. The van der Waals surface area contributed by atoms with Gasteiger partial charge in [0.05, 0.1) is 11.9 Å². The molecule has 12 heavy (non-hydrogen) atoms.